The number of hydrogen-bond acceptors (Lipinski definition) is 3. The molecule has 1 N–H and O–H groups in total. The molecule has 0 radical (unpaired) electrons. The lowest BCUT2D eigenvalue weighted by atomic mass is 9.91. The third-order valence-corrected chi connectivity index (χ3v) is 5.65. The van der Waals surface area contributed by atoms with E-state index in [2.05, 4.69) is 21.4 Å². The van der Waals surface area contributed by atoms with Crippen LogP contribution in [0, 0.1) is 5.82 Å². The summed E-state index contributed by atoms with van der Waals surface area (Å²) in [4.78, 5) is 15.4. The van der Waals surface area contributed by atoms with Gasteiger partial charge in [0, 0.05) is 30.5 Å². The van der Waals surface area contributed by atoms with Crippen molar-refractivity contribution in [1.29, 1.82) is 0 Å². The highest BCUT2D eigenvalue weighted by Gasteiger charge is 2.32. The molecule has 1 atom stereocenters. The number of rotatable bonds is 5. The van der Waals surface area contributed by atoms with Crippen LogP contribution >= 0.6 is 0 Å². The Morgan fingerprint density at radius 1 is 1.07 bits per heavy atom. The van der Waals surface area contributed by atoms with Gasteiger partial charge >= 0.3 is 0 Å². The number of anilines is 1. The Hall–Kier alpha value is -2.99. The zero-order chi connectivity index (χ0) is 20.2. The van der Waals surface area contributed by atoms with Crippen LogP contribution in [0.1, 0.15) is 36.1 Å². The van der Waals surface area contributed by atoms with E-state index in [0.29, 0.717) is 11.6 Å². The smallest absolute Gasteiger partial charge is 0.246 e. The van der Waals surface area contributed by atoms with E-state index in [4.69, 9.17) is 0 Å². The van der Waals surface area contributed by atoms with E-state index in [1.54, 1.807) is 12.1 Å². The molecule has 1 aliphatic rings. The van der Waals surface area contributed by atoms with E-state index < -0.39 is 0 Å². The summed E-state index contributed by atoms with van der Waals surface area (Å²) in [5, 5.41) is 7.24. The van der Waals surface area contributed by atoms with Crippen molar-refractivity contribution in [3.63, 3.8) is 0 Å². The van der Waals surface area contributed by atoms with Crippen LogP contribution < -0.4 is 5.32 Å². The largest absolute Gasteiger partial charge is 0.324 e. The third kappa shape index (κ3) is 4.38. The molecule has 0 bridgehead atoms. The lowest BCUT2D eigenvalue weighted by Gasteiger charge is -2.37. The fourth-order valence-corrected chi connectivity index (χ4v) is 4.15. The van der Waals surface area contributed by atoms with Gasteiger partial charge in [-0.1, -0.05) is 30.3 Å². The van der Waals surface area contributed by atoms with E-state index in [0.717, 1.165) is 31.5 Å². The van der Waals surface area contributed by atoms with Gasteiger partial charge in [0.25, 0.3) is 0 Å². The van der Waals surface area contributed by atoms with Gasteiger partial charge in [-0.25, -0.2) is 4.39 Å². The highest BCUT2D eigenvalue weighted by molar-refractivity contribution is 5.95. The van der Waals surface area contributed by atoms with Gasteiger partial charge in [0.15, 0.2) is 0 Å². The lowest BCUT2D eigenvalue weighted by Crippen LogP contribution is -2.42. The zero-order valence-electron chi connectivity index (χ0n) is 16.5. The topological polar surface area (TPSA) is 50.2 Å². The number of amides is 1. The molecule has 2 aromatic carbocycles. The first-order chi connectivity index (χ1) is 14.1. The summed E-state index contributed by atoms with van der Waals surface area (Å²) in [5.74, 6) is 0.0389. The number of carbonyl (C=O) groups excluding carboxylic acids is 1. The molecule has 6 heteroatoms. The SMILES string of the molecule is Cn1nccc1C1CCN(C(C(=O)Nc2ccc(F)cc2)c2ccccc2)CC1. The number of carbonyl (C=O) groups is 1. The summed E-state index contributed by atoms with van der Waals surface area (Å²) >= 11 is 0. The summed E-state index contributed by atoms with van der Waals surface area (Å²) in [6, 6.07) is 17.4. The second-order valence-corrected chi connectivity index (χ2v) is 7.50. The van der Waals surface area contributed by atoms with E-state index >= 15 is 0 Å². The molecule has 1 aromatic heterocycles. The number of benzene rings is 2. The molecule has 29 heavy (non-hydrogen) atoms. The lowest BCUT2D eigenvalue weighted by molar-refractivity contribution is -0.122. The van der Waals surface area contributed by atoms with Crippen molar-refractivity contribution in [3.05, 3.63) is 83.9 Å². The Kier molecular flexibility index (Phi) is 5.71. The number of piperidine rings is 1. The monoisotopic (exact) mass is 392 g/mol. The summed E-state index contributed by atoms with van der Waals surface area (Å²) in [5.41, 5.74) is 2.81. The van der Waals surface area contributed by atoms with Crippen molar-refractivity contribution >= 4 is 11.6 Å². The molecule has 1 saturated heterocycles. The third-order valence-electron chi connectivity index (χ3n) is 5.65. The van der Waals surface area contributed by atoms with Crippen LogP contribution in [0.2, 0.25) is 0 Å². The number of likely N-dealkylation sites (tertiary alicyclic amines) is 1. The van der Waals surface area contributed by atoms with Crippen molar-refractivity contribution < 1.29 is 9.18 Å². The second kappa shape index (κ2) is 8.57. The average molecular weight is 392 g/mol. The standard InChI is InChI=1S/C23H25FN4O/c1-27-21(11-14-25-27)17-12-15-28(16-13-17)22(18-5-3-2-4-6-18)23(29)26-20-9-7-19(24)8-10-20/h2-11,14,17,22H,12-13,15-16H2,1H3,(H,26,29). The molecular formula is C23H25FN4O. The van der Waals surface area contributed by atoms with E-state index in [-0.39, 0.29) is 17.8 Å². The van der Waals surface area contributed by atoms with E-state index in [9.17, 15) is 9.18 Å². The zero-order valence-corrected chi connectivity index (χ0v) is 16.5. The van der Waals surface area contributed by atoms with Crippen molar-refractivity contribution in [2.24, 2.45) is 7.05 Å². The Balaban J connectivity index is 1.51. The minimum Gasteiger partial charge on any atom is -0.324 e. The molecule has 0 saturated carbocycles. The molecule has 0 aliphatic carbocycles. The van der Waals surface area contributed by atoms with Gasteiger partial charge in [-0.15, -0.1) is 0 Å². The molecule has 2 heterocycles. The van der Waals surface area contributed by atoms with Gasteiger partial charge in [0.1, 0.15) is 11.9 Å². The Labute approximate surface area is 170 Å². The molecule has 5 nitrogen and oxygen atoms in total. The maximum absolute atomic E-state index is 13.2. The molecule has 1 fully saturated rings. The summed E-state index contributed by atoms with van der Waals surface area (Å²) < 4.78 is 15.1. The summed E-state index contributed by atoms with van der Waals surface area (Å²) in [6.07, 6.45) is 3.80. The number of hydrogen-bond donors (Lipinski definition) is 1. The Bertz CT molecular complexity index is 947. The highest BCUT2D eigenvalue weighted by atomic mass is 19.1. The van der Waals surface area contributed by atoms with Gasteiger partial charge in [-0.05, 0) is 61.8 Å². The molecule has 1 unspecified atom stereocenters. The number of aromatic nitrogens is 2. The van der Waals surface area contributed by atoms with Crippen LogP contribution in [0.25, 0.3) is 0 Å². The second-order valence-electron chi connectivity index (χ2n) is 7.50. The van der Waals surface area contributed by atoms with Crippen molar-refractivity contribution in [2.75, 3.05) is 18.4 Å². The molecule has 0 spiro atoms. The molecule has 1 aliphatic heterocycles. The van der Waals surface area contributed by atoms with Crippen LogP contribution in [-0.4, -0.2) is 33.7 Å². The predicted octanol–water partition coefficient (Wildman–Crippen LogP) is 4.12. The maximum atomic E-state index is 13.2. The summed E-state index contributed by atoms with van der Waals surface area (Å²) in [6.45, 7) is 1.65. The predicted molar refractivity (Wildman–Crippen MR) is 111 cm³/mol. The fourth-order valence-electron chi connectivity index (χ4n) is 4.15. The van der Waals surface area contributed by atoms with Crippen LogP contribution in [0.4, 0.5) is 10.1 Å². The van der Waals surface area contributed by atoms with Gasteiger partial charge in [-0.3, -0.25) is 14.4 Å². The molecule has 4 rings (SSSR count). The fraction of sp³-hybridized carbons (Fsp3) is 0.304. The van der Waals surface area contributed by atoms with Crippen molar-refractivity contribution in [1.82, 2.24) is 14.7 Å². The number of aryl methyl sites for hydroxylation is 1. The van der Waals surface area contributed by atoms with Crippen molar-refractivity contribution in [3.8, 4) is 0 Å². The number of nitrogens with zero attached hydrogens (tertiary/aromatic N) is 3. The maximum Gasteiger partial charge on any atom is 0.246 e. The van der Waals surface area contributed by atoms with E-state index in [1.165, 1.54) is 17.8 Å². The quantitative estimate of drug-likeness (QED) is 0.711. The summed E-state index contributed by atoms with van der Waals surface area (Å²) in [7, 11) is 1.98. The minimum absolute atomic E-state index is 0.0956. The first-order valence-corrected chi connectivity index (χ1v) is 9.95. The van der Waals surface area contributed by atoms with Gasteiger partial charge in [-0.2, -0.15) is 5.10 Å². The van der Waals surface area contributed by atoms with Crippen LogP contribution in [0.3, 0.4) is 0 Å². The van der Waals surface area contributed by atoms with Crippen LogP contribution in [-0.2, 0) is 11.8 Å². The Morgan fingerprint density at radius 3 is 2.38 bits per heavy atom. The molecule has 1 amide bonds. The Morgan fingerprint density at radius 2 is 1.76 bits per heavy atom. The van der Waals surface area contributed by atoms with Crippen LogP contribution in [0.5, 0.6) is 0 Å². The van der Waals surface area contributed by atoms with E-state index in [1.807, 2.05) is 48.3 Å². The van der Waals surface area contributed by atoms with Gasteiger partial charge < -0.3 is 5.32 Å². The minimum atomic E-state index is -0.381. The van der Waals surface area contributed by atoms with Gasteiger partial charge in [0.05, 0.1) is 0 Å². The van der Waals surface area contributed by atoms with Crippen LogP contribution in [0.15, 0.2) is 66.9 Å². The van der Waals surface area contributed by atoms with Crippen molar-refractivity contribution in [2.45, 2.75) is 24.8 Å². The average Bonchev–Trinajstić information content (AvgIpc) is 3.17. The first kappa shape index (κ1) is 19.3. The first-order valence-electron chi connectivity index (χ1n) is 9.95. The highest BCUT2D eigenvalue weighted by Crippen LogP contribution is 2.32. The molecule has 3 aromatic rings. The number of halogens is 1. The normalized spacial score (nSPS) is 16.5. The number of nitrogens with one attached hydrogen (secondary N) is 1. The molecular weight excluding hydrogens is 367 g/mol. The molecule has 150 valence electrons. The van der Waals surface area contributed by atoms with Gasteiger partial charge in [0.2, 0.25) is 5.91 Å².